The van der Waals surface area contributed by atoms with Crippen LogP contribution in [0.5, 0.6) is 0 Å². The lowest BCUT2D eigenvalue weighted by Crippen LogP contribution is -2.29. The average Bonchev–Trinajstić information content (AvgIpc) is 3.15. The zero-order valence-electron chi connectivity index (χ0n) is 17.6. The number of hydrogen-bond donors (Lipinski definition) is 1. The van der Waals surface area contributed by atoms with Gasteiger partial charge in [-0.25, -0.2) is 13.9 Å². The lowest BCUT2D eigenvalue weighted by molar-refractivity contribution is -0.139. The molecule has 31 heavy (non-hydrogen) atoms. The number of esters is 1. The van der Waals surface area contributed by atoms with Gasteiger partial charge in [-0.3, -0.25) is 0 Å². The molecule has 1 aliphatic rings. The summed E-state index contributed by atoms with van der Waals surface area (Å²) in [4.78, 5) is 17.4. The van der Waals surface area contributed by atoms with Crippen molar-refractivity contribution in [1.82, 2.24) is 14.8 Å². The number of benzene rings is 2. The average molecular weight is 439 g/mol. The number of thioether (sulfide) groups is 1. The monoisotopic (exact) mass is 438 g/mol. The molecule has 0 fully saturated rings. The van der Waals surface area contributed by atoms with E-state index in [1.165, 1.54) is 17.8 Å². The molecule has 0 aliphatic carbocycles. The summed E-state index contributed by atoms with van der Waals surface area (Å²) in [5, 5.41) is 8.32. The van der Waals surface area contributed by atoms with Crippen LogP contribution >= 0.6 is 11.8 Å². The van der Waals surface area contributed by atoms with Crippen molar-refractivity contribution in [2.45, 2.75) is 37.7 Å². The first kappa shape index (κ1) is 21.1. The standard InChI is InChI=1S/C23H23FN4O2S/c1-4-30-21(29)19-15(3)25-22-26-23(31-13-17-7-5-6-8-18(17)24)27-28(22)20(19)16-11-9-14(2)10-12-16/h5-12,20H,4,13H2,1-3H3,(H,25,26,27). The molecule has 2 heterocycles. The van der Waals surface area contributed by atoms with Gasteiger partial charge in [-0.15, -0.1) is 5.10 Å². The summed E-state index contributed by atoms with van der Waals surface area (Å²) in [5.41, 5.74) is 3.79. The normalized spacial score (nSPS) is 15.4. The van der Waals surface area contributed by atoms with Crippen LogP contribution < -0.4 is 5.32 Å². The Hall–Kier alpha value is -3.13. The number of allylic oxidation sites excluding steroid dienone is 1. The summed E-state index contributed by atoms with van der Waals surface area (Å²) >= 11 is 1.34. The van der Waals surface area contributed by atoms with Gasteiger partial charge in [-0.1, -0.05) is 59.8 Å². The largest absolute Gasteiger partial charge is 0.463 e. The van der Waals surface area contributed by atoms with E-state index in [0.717, 1.165) is 11.1 Å². The van der Waals surface area contributed by atoms with Crippen molar-refractivity contribution in [3.63, 3.8) is 0 Å². The third-order valence-electron chi connectivity index (χ3n) is 5.04. The van der Waals surface area contributed by atoms with Gasteiger partial charge in [-0.05, 0) is 38.0 Å². The van der Waals surface area contributed by atoms with Crippen molar-refractivity contribution in [2.75, 3.05) is 11.9 Å². The molecule has 2 aromatic carbocycles. The van der Waals surface area contributed by atoms with Gasteiger partial charge in [-0.2, -0.15) is 4.98 Å². The maximum Gasteiger partial charge on any atom is 0.338 e. The topological polar surface area (TPSA) is 69.0 Å². The number of nitrogens with one attached hydrogen (secondary N) is 1. The highest BCUT2D eigenvalue weighted by molar-refractivity contribution is 7.98. The molecule has 0 saturated heterocycles. The molecular weight excluding hydrogens is 415 g/mol. The van der Waals surface area contributed by atoms with Crippen LogP contribution in [0.15, 0.2) is 65.0 Å². The van der Waals surface area contributed by atoms with Gasteiger partial charge >= 0.3 is 5.97 Å². The highest BCUT2D eigenvalue weighted by Gasteiger charge is 2.35. The fourth-order valence-electron chi connectivity index (χ4n) is 3.48. The maximum atomic E-state index is 14.0. The molecule has 1 aliphatic heterocycles. The minimum Gasteiger partial charge on any atom is -0.463 e. The third-order valence-corrected chi connectivity index (χ3v) is 5.92. The fourth-order valence-corrected chi connectivity index (χ4v) is 4.30. The van der Waals surface area contributed by atoms with Crippen LogP contribution in [0, 0.1) is 12.7 Å². The van der Waals surface area contributed by atoms with Crippen LogP contribution in [0.3, 0.4) is 0 Å². The predicted molar refractivity (Wildman–Crippen MR) is 118 cm³/mol. The molecule has 1 unspecified atom stereocenters. The molecule has 3 aromatic rings. The van der Waals surface area contributed by atoms with E-state index in [2.05, 4.69) is 15.4 Å². The number of carbonyl (C=O) groups is 1. The molecular formula is C23H23FN4O2S. The molecule has 8 heteroatoms. The first-order valence-electron chi connectivity index (χ1n) is 10.0. The molecule has 6 nitrogen and oxygen atoms in total. The molecule has 0 bridgehead atoms. The number of halogens is 1. The van der Waals surface area contributed by atoms with E-state index in [0.29, 0.717) is 33.7 Å². The van der Waals surface area contributed by atoms with Crippen molar-refractivity contribution in [3.8, 4) is 0 Å². The lowest BCUT2D eigenvalue weighted by atomic mass is 9.95. The summed E-state index contributed by atoms with van der Waals surface area (Å²) in [6, 6.07) is 14.2. The Labute approximate surface area is 184 Å². The SMILES string of the molecule is CCOC(=O)C1=C(C)Nc2nc(SCc3ccccc3F)nn2C1c1ccc(C)cc1. The van der Waals surface area contributed by atoms with Gasteiger partial charge in [0.2, 0.25) is 11.1 Å². The summed E-state index contributed by atoms with van der Waals surface area (Å²) in [5.74, 6) is 0.298. The molecule has 160 valence electrons. The van der Waals surface area contributed by atoms with E-state index >= 15 is 0 Å². The van der Waals surface area contributed by atoms with Gasteiger partial charge in [0.15, 0.2) is 0 Å². The number of ether oxygens (including phenoxy) is 1. The van der Waals surface area contributed by atoms with Crippen molar-refractivity contribution >= 4 is 23.7 Å². The summed E-state index contributed by atoms with van der Waals surface area (Å²) < 4.78 is 21.0. The highest BCUT2D eigenvalue weighted by Crippen LogP contribution is 2.37. The lowest BCUT2D eigenvalue weighted by Gasteiger charge is -2.28. The van der Waals surface area contributed by atoms with Crippen LogP contribution in [-0.2, 0) is 15.3 Å². The highest BCUT2D eigenvalue weighted by atomic mass is 32.2. The Kier molecular flexibility index (Phi) is 6.08. The number of hydrogen-bond acceptors (Lipinski definition) is 6. The number of anilines is 1. The zero-order chi connectivity index (χ0) is 22.0. The summed E-state index contributed by atoms with van der Waals surface area (Å²) in [7, 11) is 0. The first-order chi connectivity index (χ1) is 15.0. The second-order valence-corrected chi connectivity index (χ2v) is 8.18. The predicted octanol–water partition coefficient (Wildman–Crippen LogP) is 4.87. The minimum absolute atomic E-state index is 0.253. The van der Waals surface area contributed by atoms with Crippen molar-refractivity contribution < 1.29 is 13.9 Å². The van der Waals surface area contributed by atoms with Gasteiger partial charge in [0.1, 0.15) is 11.9 Å². The second-order valence-electron chi connectivity index (χ2n) is 7.24. The number of rotatable bonds is 6. The van der Waals surface area contributed by atoms with Crippen LogP contribution in [0.4, 0.5) is 10.3 Å². The maximum absolute atomic E-state index is 14.0. The van der Waals surface area contributed by atoms with Gasteiger partial charge in [0.25, 0.3) is 0 Å². The van der Waals surface area contributed by atoms with Crippen LogP contribution in [0.2, 0.25) is 0 Å². The van der Waals surface area contributed by atoms with Gasteiger partial charge < -0.3 is 10.1 Å². The Morgan fingerprint density at radius 1 is 1.19 bits per heavy atom. The zero-order valence-corrected chi connectivity index (χ0v) is 18.4. The fraction of sp³-hybridized carbons (Fsp3) is 0.261. The molecule has 0 radical (unpaired) electrons. The third kappa shape index (κ3) is 4.34. The second kappa shape index (κ2) is 8.93. The molecule has 1 aromatic heterocycles. The van der Waals surface area contributed by atoms with E-state index in [1.54, 1.807) is 29.8 Å². The van der Waals surface area contributed by atoms with E-state index in [9.17, 15) is 9.18 Å². The Morgan fingerprint density at radius 3 is 2.65 bits per heavy atom. The van der Waals surface area contributed by atoms with E-state index in [-0.39, 0.29) is 18.4 Å². The number of nitrogens with zero attached hydrogens (tertiary/aromatic N) is 3. The molecule has 1 atom stereocenters. The van der Waals surface area contributed by atoms with E-state index in [4.69, 9.17) is 4.74 Å². The Morgan fingerprint density at radius 2 is 1.94 bits per heavy atom. The van der Waals surface area contributed by atoms with Crippen molar-refractivity contribution in [3.05, 3.63) is 82.3 Å². The van der Waals surface area contributed by atoms with Gasteiger partial charge in [0.05, 0.1) is 12.2 Å². The molecule has 0 saturated carbocycles. The number of aryl methyl sites for hydroxylation is 1. The molecule has 1 N–H and O–H groups in total. The molecule has 0 spiro atoms. The van der Waals surface area contributed by atoms with Gasteiger partial charge in [0, 0.05) is 11.4 Å². The number of aromatic nitrogens is 3. The number of fused-ring (bicyclic) bond motifs is 1. The molecule has 0 amide bonds. The van der Waals surface area contributed by atoms with Crippen molar-refractivity contribution in [2.24, 2.45) is 0 Å². The smallest absolute Gasteiger partial charge is 0.338 e. The first-order valence-corrected chi connectivity index (χ1v) is 11.0. The van der Waals surface area contributed by atoms with E-state index < -0.39 is 6.04 Å². The number of carbonyl (C=O) groups excluding carboxylic acids is 1. The van der Waals surface area contributed by atoms with Crippen LogP contribution in [0.25, 0.3) is 0 Å². The Balaban J connectivity index is 1.70. The summed E-state index contributed by atoms with van der Waals surface area (Å²) in [6.45, 7) is 5.91. The van der Waals surface area contributed by atoms with Crippen LogP contribution in [0.1, 0.15) is 36.6 Å². The minimum atomic E-state index is -0.466. The van der Waals surface area contributed by atoms with Crippen molar-refractivity contribution in [1.29, 1.82) is 0 Å². The molecule has 4 rings (SSSR count). The van der Waals surface area contributed by atoms with Crippen LogP contribution in [-0.4, -0.2) is 27.3 Å². The Bertz CT molecular complexity index is 1140. The quantitative estimate of drug-likeness (QED) is 0.437. The van der Waals surface area contributed by atoms with E-state index in [1.807, 2.05) is 38.1 Å². The summed E-state index contributed by atoms with van der Waals surface area (Å²) in [6.07, 6.45) is 0.